The van der Waals surface area contributed by atoms with Crippen molar-refractivity contribution in [3.05, 3.63) is 53.1 Å². The van der Waals surface area contributed by atoms with Crippen molar-refractivity contribution in [2.24, 2.45) is 6.98 Å². The Kier molecular flexibility index (Phi) is 1.49. The smallest absolute Gasteiger partial charge is 0.294 e. The zero-order chi connectivity index (χ0) is 14.3. The van der Waals surface area contributed by atoms with Crippen LogP contribution in [0.4, 0.5) is 0 Å². The Bertz CT molecular complexity index is 818. The monoisotopic (exact) mass is 228 g/mol. The van der Waals surface area contributed by atoms with Gasteiger partial charge in [0.15, 0.2) is 5.65 Å². The van der Waals surface area contributed by atoms with E-state index < -0.39 is 12.7 Å². The topological polar surface area (TPSA) is 50.7 Å². The molecule has 0 radical (unpaired) electrons. The number of aromatic nitrogens is 3. The van der Waals surface area contributed by atoms with Gasteiger partial charge in [-0.15, -0.1) is 0 Å². The lowest BCUT2D eigenvalue weighted by Gasteiger charge is -2.01. The van der Waals surface area contributed by atoms with Gasteiger partial charge in [0.1, 0.15) is 0 Å². The molecule has 4 heteroatoms. The first-order chi connectivity index (χ1) is 9.47. The van der Waals surface area contributed by atoms with E-state index in [9.17, 15) is 4.79 Å². The minimum atomic E-state index is -2.54. The molecule has 17 heavy (non-hydrogen) atoms. The van der Waals surface area contributed by atoms with Gasteiger partial charge in [-0.2, -0.15) is 0 Å². The first-order valence-electron chi connectivity index (χ1n) is 6.63. The maximum Gasteiger partial charge on any atom is 0.327 e. The summed E-state index contributed by atoms with van der Waals surface area (Å²) < 4.78 is 23.1. The largest absolute Gasteiger partial charge is 0.327 e. The molecule has 0 amide bonds. The summed E-state index contributed by atoms with van der Waals surface area (Å²) in [5.74, 6) is 0. The molecule has 0 aliphatic carbocycles. The normalized spacial score (nSPS) is 14.2. The second-order valence-electron chi connectivity index (χ2n) is 3.72. The number of pyridine rings is 1. The van der Waals surface area contributed by atoms with E-state index in [0.29, 0.717) is 0 Å². The Morgan fingerprint density at radius 3 is 2.88 bits per heavy atom. The summed E-state index contributed by atoms with van der Waals surface area (Å²) in [6.07, 6.45) is 1.61. The summed E-state index contributed by atoms with van der Waals surface area (Å²) in [7, 11) is 0. The van der Waals surface area contributed by atoms with Crippen molar-refractivity contribution in [1.29, 1.82) is 0 Å². The van der Waals surface area contributed by atoms with Crippen molar-refractivity contribution in [2.75, 3.05) is 0 Å². The molecule has 0 fully saturated rings. The van der Waals surface area contributed by atoms with Crippen LogP contribution in [0.2, 0.25) is 0 Å². The molecular formula is C13H11N3O. The van der Waals surface area contributed by atoms with Crippen LogP contribution in [0.3, 0.4) is 0 Å². The van der Waals surface area contributed by atoms with Crippen LogP contribution in [0.1, 0.15) is 4.11 Å². The molecule has 0 saturated heterocycles. The summed E-state index contributed by atoms with van der Waals surface area (Å²) >= 11 is 0. The van der Waals surface area contributed by atoms with Crippen molar-refractivity contribution < 1.29 is 4.11 Å². The second kappa shape index (κ2) is 3.59. The number of hydrogen-bond donors (Lipinski definition) is 1. The van der Waals surface area contributed by atoms with Crippen LogP contribution >= 0.6 is 0 Å². The summed E-state index contributed by atoms with van der Waals surface area (Å²) in [6, 6.07) is 11.1. The number of H-pyrrole nitrogens is 1. The van der Waals surface area contributed by atoms with Crippen molar-refractivity contribution in [3.63, 3.8) is 0 Å². The zero-order valence-corrected chi connectivity index (χ0v) is 8.84. The molecule has 0 unspecified atom stereocenters. The van der Waals surface area contributed by atoms with Crippen LogP contribution in [-0.4, -0.2) is 14.5 Å². The number of fused-ring (bicyclic) bond motifs is 1. The van der Waals surface area contributed by atoms with Crippen LogP contribution in [0.25, 0.3) is 22.3 Å². The molecule has 1 N–H and O–H groups in total. The number of nitrogens with one attached hydrogen (secondary N) is 1. The number of aryl methyl sites for hydroxylation is 1. The third-order valence-corrected chi connectivity index (χ3v) is 2.64. The highest BCUT2D eigenvalue weighted by atomic mass is 16.1. The molecule has 0 atom stereocenters. The lowest BCUT2D eigenvalue weighted by atomic mass is 10.1. The molecule has 0 bridgehead atoms. The SMILES string of the molecule is [2H]C([2H])([2H])n1c(=O)[nH]c2ncc(-c3ccccc3)cc21. The molecular weight excluding hydrogens is 214 g/mol. The standard InChI is InChI=1S/C13H11N3O/c1-16-11-7-10(9-5-3-2-4-6-9)8-14-12(11)15-13(16)17/h2-8H,1H3,(H,14,15,17)/i1D3. The molecule has 0 spiro atoms. The summed E-state index contributed by atoms with van der Waals surface area (Å²) in [5, 5.41) is 0. The molecule has 0 aliphatic heterocycles. The lowest BCUT2D eigenvalue weighted by molar-refractivity contribution is 0.891. The highest BCUT2D eigenvalue weighted by Crippen LogP contribution is 2.20. The van der Waals surface area contributed by atoms with Crippen LogP contribution < -0.4 is 5.69 Å². The van der Waals surface area contributed by atoms with Gasteiger partial charge in [0.25, 0.3) is 0 Å². The van der Waals surface area contributed by atoms with Gasteiger partial charge in [0.2, 0.25) is 0 Å². The fourth-order valence-corrected chi connectivity index (χ4v) is 1.77. The third-order valence-electron chi connectivity index (χ3n) is 2.64. The highest BCUT2D eigenvalue weighted by Gasteiger charge is 2.06. The molecule has 2 heterocycles. The van der Waals surface area contributed by atoms with Gasteiger partial charge < -0.3 is 0 Å². The van der Waals surface area contributed by atoms with E-state index in [1.165, 1.54) is 0 Å². The van der Waals surface area contributed by atoms with Gasteiger partial charge in [0.05, 0.1) is 5.52 Å². The van der Waals surface area contributed by atoms with Crippen molar-refractivity contribution in [3.8, 4) is 11.1 Å². The first kappa shape index (κ1) is 7.06. The van der Waals surface area contributed by atoms with Gasteiger partial charge in [-0.1, -0.05) is 30.3 Å². The Labute approximate surface area is 102 Å². The van der Waals surface area contributed by atoms with Crippen LogP contribution in [0.15, 0.2) is 47.4 Å². The molecule has 2 aromatic heterocycles. The number of nitrogens with zero attached hydrogens (tertiary/aromatic N) is 2. The van der Waals surface area contributed by atoms with E-state index in [2.05, 4.69) is 9.97 Å². The van der Waals surface area contributed by atoms with Crippen molar-refractivity contribution >= 4 is 11.2 Å². The Balaban J connectivity index is 2.28. The average molecular weight is 228 g/mol. The predicted molar refractivity (Wildman–Crippen MR) is 66.8 cm³/mol. The molecule has 84 valence electrons. The predicted octanol–water partition coefficient (Wildman–Crippen LogP) is 1.93. The molecule has 0 saturated carbocycles. The van der Waals surface area contributed by atoms with Gasteiger partial charge >= 0.3 is 5.69 Å². The van der Waals surface area contributed by atoms with E-state index >= 15 is 0 Å². The van der Waals surface area contributed by atoms with Crippen LogP contribution in [-0.2, 0) is 6.98 Å². The molecule has 1 aromatic carbocycles. The second-order valence-corrected chi connectivity index (χ2v) is 3.72. The summed E-state index contributed by atoms with van der Waals surface area (Å²) in [5.41, 5.74) is 1.53. The molecule has 0 aliphatic rings. The molecule has 4 nitrogen and oxygen atoms in total. The van der Waals surface area contributed by atoms with Gasteiger partial charge in [-0.25, -0.2) is 9.78 Å². The number of benzene rings is 1. The van der Waals surface area contributed by atoms with E-state index in [1.807, 2.05) is 30.3 Å². The zero-order valence-electron chi connectivity index (χ0n) is 11.8. The summed E-state index contributed by atoms with van der Waals surface area (Å²) in [6.45, 7) is -2.54. The van der Waals surface area contributed by atoms with Crippen LogP contribution in [0.5, 0.6) is 0 Å². The van der Waals surface area contributed by atoms with E-state index in [-0.39, 0.29) is 11.2 Å². The Morgan fingerprint density at radius 1 is 1.29 bits per heavy atom. The fourth-order valence-electron chi connectivity index (χ4n) is 1.77. The minimum absolute atomic E-state index is 0.269. The Hall–Kier alpha value is -2.36. The maximum atomic E-state index is 11.7. The first-order valence-corrected chi connectivity index (χ1v) is 5.13. The van der Waals surface area contributed by atoms with Crippen molar-refractivity contribution in [2.45, 2.75) is 0 Å². The van der Waals surface area contributed by atoms with Crippen molar-refractivity contribution in [1.82, 2.24) is 14.5 Å². The van der Waals surface area contributed by atoms with Gasteiger partial charge in [0, 0.05) is 22.8 Å². The lowest BCUT2D eigenvalue weighted by Crippen LogP contribution is -2.11. The van der Waals surface area contributed by atoms with Gasteiger partial charge in [-0.3, -0.25) is 9.55 Å². The minimum Gasteiger partial charge on any atom is -0.294 e. The molecule has 3 rings (SSSR count). The van der Waals surface area contributed by atoms with E-state index in [0.717, 1.165) is 15.7 Å². The highest BCUT2D eigenvalue weighted by molar-refractivity contribution is 5.78. The average Bonchev–Trinajstić information content (AvgIpc) is 2.74. The molecule has 3 aromatic rings. The maximum absolute atomic E-state index is 11.7. The number of aromatic amines is 1. The van der Waals surface area contributed by atoms with E-state index in [4.69, 9.17) is 4.11 Å². The number of hydrogen-bond acceptors (Lipinski definition) is 2. The quantitative estimate of drug-likeness (QED) is 0.692. The number of rotatable bonds is 1. The third kappa shape index (κ3) is 1.54. The summed E-state index contributed by atoms with van der Waals surface area (Å²) in [4.78, 5) is 18.3. The van der Waals surface area contributed by atoms with Crippen LogP contribution in [0, 0.1) is 0 Å². The fraction of sp³-hybridized carbons (Fsp3) is 0.0769. The number of imidazole rings is 1. The van der Waals surface area contributed by atoms with Gasteiger partial charge in [-0.05, 0) is 11.6 Å². The Morgan fingerprint density at radius 2 is 2.12 bits per heavy atom. The van der Waals surface area contributed by atoms with E-state index in [1.54, 1.807) is 12.3 Å².